The minimum Gasteiger partial charge on any atom is -0.507 e. The quantitative estimate of drug-likeness (QED) is 0.268. The molecule has 0 unspecified atom stereocenters. The summed E-state index contributed by atoms with van der Waals surface area (Å²) in [5, 5.41) is 11.7. The molecule has 1 atom stereocenters. The average Bonchev–Trinajstić information content (AvgIpc) is 3.12. The van der Waals surface area contributed by atoms with Gasteiger partial charge in [-0.25, -0.2) is 0 Å². The number of morpholine rings is 1. The summed E-state index contributed by atoms with van der Waals surface area (Å²) in [6, 6.07) is 13.0. The van der Waals surface area contributed by atoms with Crippen LogP contribution >= 0.6 is 11.6 Å². The lowest BCUT2D eigenvalue weighted by atomic mass is 9.95. The second-order valence-corrected chi connectivity index (χ2v) is 8.56. The van der Waals surface area contributed by atoms with Crippen LogP contribution in [-0.4, -0.2) is 72.6 Å². The minimum atomic E-state index is -0.713. The highest BCUT2D eigenvalue weighted by atomic mass is 35.5. The van der Waals surface area contributed by atoms with E-state index >= 15 is 0 Å². The Hall–Kier alpha value is -3.13. The Kier molecular flexibility index (Phi) is 7.67. The topological polar surface area (TPSA) is 79.3 Å². The van der Waals surface area contributed by atoms with Crippen molar-refractivity contribution in [1.82, 2.24) is 9.80 Å². The molecule has 2 aromatic carbocycles. The van der Waals surface area contributed by atoms with Crippen molar-refractivity contribution in [2.24, 2.45) is 0 Å². The first kappa shape index (κ1) is 24.0. The maximum Gasteiger partial charge on any atom is 0.295 e. The first-order valence-electron chi connectivity index (χ1n) is 11.2. The second-order valence-electron chi connectivity index (χ2n) is 8.12. The molecule has 0 bridgehead atoms. The van der Waals surface area contributed by atoms with E-state index in [0.717, 1.165) is 13.1 Å². The normalized spacial score (nSPS) is 20.5. The molecule has 34 heavy (non-hydrogen) atoms. The molecule has 2 heterocycles. The summed E-state index contributed by atoms with van der Waals surface area (Å²) in [6.45, 7) is 7.77. The van der Waals surface area contributed by atoms with Crippen LogP contribution in [0.5, 0.6) is 5.75 Å². The molecular formula is C26H27ClN2O5. The standard InChI is InChI=1S/C26H27ClN2O5/c1-2-15-34-21-9-5-19(6-10-21)24(30)22-23(18-3-7-20(27)8-4-18)29(26(32)25(22)31)12-11-28-13-16-33-17-14-28/h2-10,23,30H,1,11-17H2/t23-/m0/s1. The van der Waals surface area contributed by atoms with E-state index in [1.165, 1.54) is 4.90 Å². The molecule has 0 saturated carbocycles. The predicted octanol–water partition coefficient (Wildman–Crippen LogP) is 3.66. The fourth-order valence-electron chi connectivity index (χ4n) is 4.20. The minimum absolute atomic E-state index is 0.0639. The van der Waals surface area contributed by atoms with E-state index < -0.39 is 17.7 Å². The molecule has 0 radical (unpaired) electrons. The first-order valence-corrected chi connectivity index (χ1v) is 11.6. The monoisotopic (exact) mass is 482 g/mol. The van der Waals surface area contributed by atoms with Crippen molar-refractivity contribution < 1.29 is 24.2 Å². The number of benzene rings is 2. The smallest absolute Gasteiger partial charge is 0.295 e. The number of hydrogen-bond acceptors (Lipinski definition) is 6. The van der Waals surface area contributed by atoms with Gasteiger partial charge in [-0.15, -0.1) is 0 Å². The highest BCUT2D eigenvalue weighted by Gasteiger charge is 2.46. The molecule has 2 saturated heterocycles. The third-order valence-electron chi connectivity index (χ3n) is 5.98. The Morgan fingerprint density at radius 3 is 2.41 bits per heavy atom. The van der Waals surface area contributed by atoms with Gasteiger partial charge in [-0.2, -0.15) is 0 Å². The van der Waals surface area contributed by atoms with Gasteiger partial charge in [0.05, 0.1) is 24.8 Å². The van der Waals surface area contributed by atoms with Crippen molar-refractivity contribution in [1.29, 1.82) is 0 Å². The Bertz CT molecular complexity index is 1080. The number of carbonyl (C=O) groups is 2. The number of hydrogen-bond donors (Lipinski definition) is 1. The largest absolute Gasteiger partial charge is 0.507 e. The van der Waals surface area contributed by atoms with Gasteiger partial charge in [-0.3, -0.25) is 14.5 Å². The zero-order chi connectivity index (χ0) is 24.1. The number of amides is 1. The summed E-state index contributed by atoms with van der Waals surface area (Å²) in [7, 11) is 0. The highest BCUT2D eigenvalue weighted by Crippen LogP contribution is 2.39. The lowest BCUT2D eigenvalue weighted by molar-refractivity contribution is -0.140. The Morgan fingerprint density at radius 2 is 1.76 bits per heavy atom. The number of ketones is 1. The fraction of sp³-hybridized carbons (Fsp3) is 0.308. The van der Waals surface area contributed by atoms with Gasteiger partial charge in [-0.1, -0.05) is 36.4 Å². The Morgan fingerprint density at radius 1 is 1.09 bits per heavy atom. The number of aliphatic hydroxyl groups is 1. The van der Waals surface area contributed by atoms with E-state index in [9.17, 15) is 14.7 Å². The van der Waals surface area contributed by atoms with E-state index in [1.54, 1.807) is 54.6 Å². The van der Waals surface area contributed by atoms with Crippen LogP contribution in [0.1, 0.15) is 17.2 Å². The van der Waals surface area contributed by atoms with Crippen molar-refractivity contribution in [2.45, 2.75) is 6.04 Å². The molecule has 178 valence electrons. The summed E-state index contributed by atoms with van der Waals surface area (Å²) in [5.74, 6) is -0.939. The number of ether oxygens (including phenoxy) is 2. The summed E-state index contributed by atoms with van der Waals surface area (Å²) in [5.41, 5.74) is 1.20. The third kappa shape index (κ3) is 5.17. The van der Waals surface area contributed by atoms with Crippen molar-refractivity contribution >= 4 is 29.1 Å². The third-order valence-corrected chi connectivity index (χ3v) is 6.23. The van der Waals surface area contributed by atoms with Crippen LogP contribution in [-0.2, 0) is 14.3 Å². The van der Waals surface area contributed by atoms with Gasteiger partial charge in [-0.05, 0) is 42.0 Å². The number of rotatable bonds is 8. The maximum atomic E-state index is 13.1. The van der Waals surface area contributed by atoms with E-state index in [2.05, 4.69) is 11.5 Å². The molecule has 2 aromatic rings. The van der Waals surface area contributed by atoms with Gasteiger partial charge < -0.3 is 19.5 Å². The summed E-state index contributed by atoms with van der Waals surface area (Å²) >= 11 is 6.08. The molecule has 0 aliphatic carbocycles. The molecule has 2 aliphatic heterocycles. The lowest BCUT2D eigenvalue weighted by Gasteiger charge is -2.31. The molecule has 8 heteroatoms. The molecule has 1 N–H and O–H groups in total. The zero-order valence-corrected chi connectivity index (χ0v) is 19.5. The van der Waals surface area contributed by atoms with Crippen molar-refractivity contribution in [3.8, 4) is 5.75 Å². The highest BCUT2D eigenvalue weighted by molar-refractivity contribution is 6.46. The number of halogens is 1. The van der Waals surface area contributed by atoms with Crippen LogP contribution in [0.2, 0.25) is 5.02 Å². The predicted molar refractivity (Wildman–Crippen MR) is 130 cm³/mol. The lowest BCUT2D eigenvalue weighted by Crippen LogP contribution is -2.42. The molecule has 7 nitrogen and oxygen atoms in total. The molecule has 2 fully saturated rings. The van der Waals surface area contributed by atoms with Gasteiger partial charge in [0, 0.05) is 36.8 Å². The number of likely N-dealkylation sites (tertiary alicyclic amines) is 1. The average molecular weight is 483 g/mol. The van der Waals surface area contributed by atoms with Gasteiger partial charge in [0.2, 0.25) is 0 Å². The van der Waals surface area contributed by atoms with Crippen LogP contribution in [0.15, 0.2) is 66.8 Å². The number of Topliss-reactive ketones (excluding diaryl/α,β-unsaturated/α-hetero) is 1. The molecular weight excluding hydrogens is 456 g/mol. The van der Waals surface area contributed by atoms with Crippen LogP contribution in [0.25, 0.3) is 5.76 Å². The maximum absolute atomic E-state index is 13.1. The van der Waals surface area contributed by atoms with Crippen molar-refractivity contribution in [3.05, 3.63) is 82.9 Å². The van der Waals surface area contributed by atoms with Crippen LogP contribution in [0.3, 0.4) is 0 Å². The fourth-order valence-corrected chi connectivity index (χ4v) is 4.32. The first-order chi connectivity index (χ1) is 16.5. The molecule has 2 aliphatic rings. The van der Waals surface area contributed by atoms with Crippen LogP contribution in [0.4, 0.5) is 0 Å². The van der Waals surface area contributed by atoms with Gasteiger partial charge in [0.1, 0.15) is 18.1 Å². The van der Waals surface area contributed by atoms with Gasteiger partial charge >= 0.3 is 0 Å². The van der Waals surface area contributed by atoms with Crippen LogP contribution < -0.4 is 4.74 Å². The molecule has 0 spiro atoms. The van der Waals surface area contributed by atoms with Crippen LogP contribution in [0, 0.1) is 0 Å². The van der Waals surface area contributed by atoms with Crippen molar-refractivity contribution in [2.75, 3.05) is 46.0 Å². The number of aliphatic hydroxyl groups excluding tert-OH is 1. The number of nitrogens with zero attached hydrogens (tertiary/aromatic N) is 2. The summed E-state index contributed by atoms with van der Waals surface area (Å²) in [6.07, 6.45) is 1.64. The molecule has 0 aromatic heterocycles. The van der Waals surface area contributed by atoms with Gasteiger partial charge in [0.15, 0.2) is 0 Å². The number of carbonyl (C=O) groups excluding carboxylic acids is 2. The van der Waals surface area contributed by atoms with Gasteiger partial charge in [0.25, 0.3) is 11.7 Å². The zero-order valence-electron chi connectivity index (χ0n) is 18.8. The Balaban J connectivity index is 1.68. The SMILES string of the molecule is C=CCOc1ccc(C(O)=C2C(=O)C(=O)N(CCN3CCOCC3)[C@H]2c2ccc(Cl)cc2)cc1. The van der Waals surface area contributed by atoms with E-state index in [-0.39, 0.29) is 11.3 Å². The Labute approximate surface area is 203 Å². The molecule has 1 amide bonds. The van der Waals surface area contributed by atoms with Crippen molar-refractivity contribution in [3.63, 3.8) is 0 Å². The van der Waals surface area contributed by atoms with E-state index in [0.29, 0.717) is 54.8 Å². The summed E-state index contributed by atoms with van der Waals surface area (Å²) in [4.78, 5) is 29.9. The van der Waals surface area contributed by atoms with E-state index in [1.807, 2.05) is 0 Å². The summed E-state index contributed by atoms with van der Waals surface area (Å²) < 4.78 is 10.9. The second kappa shape index (κ2) is 10.9. The molecule has 4 rings (SSSR count). The van der Waals surface area contributed by atoms with E-state index in [4.69, 9.17) is 21.1 Å².